The molecule has 0 aromatic heterocycles. The van der Waals surface area contributed by atoms with E-state index in [2.05, 4.69) is 27.9 Å². The normalized spacial score (nSPS) is 14.4. The van der Waals surface area contributed by atoms with Crippen LogP contribution in [0, 0.1) is 10.5 Å². The molecule has 3 aromatic rings. The lowest BCUT2D eigenvalue weighted by atomic mass is 10.1. The van der Waals surface area contributed by atoms with E-state index in [0.717, 1.165) is 16.0 Å². The minimum atomic E-state index is -1.01. The van der Waals surface area contributed by atoms with Crippen LogP contribution in [0.4, 0.5) is 10.5 Å². The van der Waals surface area contributed by atoms with Gasteiger partial charge in [0.25, 0.3) is 11.8 Å². The number of carboxylic acids is 1. The number of urea groups is 1. The largest absolute Gasteiger partial charge is 0.490 e. The highest BCUT2D eigenvalue weighted by atomic mass is 127. The van der Waals surface area contributed by atoms with E-state index in [4.69, 9.17) is 14.6 Å². The highest BCUT2D eigenvalue weighted by Gasteiger charge is 2.36. The van der Waals surface area contributed by atoms with Crippen LogP contribution < -0.4 is 19.7 Å². The summed E-state index contributed by atoms with van der Waals surface area (Å²) in [7, 11) is 0. The van der Waals surface area contributed by atoms with Crippen LogP contribution in [-0.2, 0) is 16.2 Å². The van der Waals surface area contributed by atoms with E-state index >= 15 is 0 Å². The summed E-state index contributed by atoms with van der Waals surface area (Å²) in [6.07, 6.45) is 1.41. The molecular weight excluding hydrogens is 603 g/mol. The van der Waals surface area contributed by atoms with Crippen molar-refractivity contribution in [3.63, 3.8) is 0 Å². The average molecular weight is 626 g/mol. The molecule has 1 aliphatic rings. The zero-order valence-corrected chi connectivity index (χ0v) is 22.6. The highest BCUT2D eigenvalue weighted by Crippen LogP contribution is 2.36. The fourth-order valence-electron chi connectivity index (χ4n) is 3.73. The van der Waals surface area contributed by atoms with E-state index in [0.29, 0.717) is 32.9 Å². The number of hydrogen-bond donors (Lipinski definition) is 2. The van der Waals surface area contributed by atoms with Crippen LogP contribution in [0.3, 0.4) is 0 Å². The summed E-state index contributed by atoms with van der Waals surface area (Å²) in [6.45, 7) is 4.21. The van der Waals surface area contributed by atoms with Crippen molar-refractivity contribution in [3.8, 4) is 11.5 Å². The Morgan fingerprint density at radius 1 is 1.03 bits per heavy atom. The number of aryl methyl sites for hydroxylation is 1. The average Bonchev–Trinajstić information content (AvgIpc) is 2.87. The fraction of sp³-hybridized carbons (Fsp3) is 0.143. The first-order chi connectivity index (χ1) is 18.2. The molecule has 0 radical (unpaired) electrons. The molecule has 0 spiro atoms. The number of aromatic carboxylic acids is 1. The van der Waals surface area contributed by atoms with Gasteiger partial charge in [-0.2, -0.15) is 0 Å². The third-order valence-corrected chi connectivity index (χ3v) is 6.42. The van der Waals surface area contributed by atoms with E-state index < -0.39 is 23.8 Å². The number of anilines is 1. The van der Waals surface area contributed by atoms with E-state index in [-0.39, 0.29) is 17.7 Å². The van der Waals surface area contributed by atoms with Gasteiger partial charge in [0.05, 0.1) is 21.4 Å². The molecule has 1 heterocycles. The Bertz CT molecular complexity index is 1450. The molecule has 10 heteroatoms. The third-order valence-electron chi connectivity index (χ3n) is 5.62. The summed E-state index contributed by atoms with van der Waals surface area (Å²) in [5.74, 6) is -1.66. The summed E-state index contributed by atoms with van der Waals surface area (Å²) in [5.41, 5.74) is 2.57. The zero-order valence-electron chi connectivity index (χ0n) is 20.5. The minimum absolute atomic E-state index is 0.172. The Morgan fingerprint density at radius 3 is 2.34 bits per heavy atom. The number of rotatable bonds is 8. The van der Waals surface area contributed by atoms with E-state index in [1.807, 2.05) is 13.8 Å². The monoisotopic (exact) mass is 626 g/mol. The SMILES string of the molecule is CCOc1cc(/C=C2\C(=O)NC(=O)N(c3ccc(C)cc3)C2=O)cc(I)c1OCc1ccc(C(=O)O)cc1. The van der Waals surface area contributed by atoms with Crippen molar-refractivity contribution in [3.05, 3.63) is 92.1 Å². The smallest absolute Gasteiger partial charge is 0.335 e. The second kappa shape index (κ2) is 11.5. The van der Waals surface area contributed by atoms with Crippen molar-refractivity contribution in [2.45, 2.75) is 20.5 Å². The zero-order chi connectivity index (χ0) is 27.4. The van der Waals surface area contributed by atoms with Crippen LogP contribution >= 0.6 is 22.6 Å². The van der Waals surface area contributed by atoms with E-state index in [9.17, 15) is 19.2 Å². The summed E-state index contributed by atoms with van der Waals surface area (Å²) < 4.78 is 12.4. The molecule has 1 fully saturated rings. The van der Waals surface area contributed by atoms with Gasteiger partial charge in [0, 0.05) is 0 Å². The molecule has 0 saturated carbocycles. The first-order valence-electron chi connectivity index (χ1n) is 11.6. The standard InChI is InChI=1S/C28H23IN2O7/c1-3-37-23-14-18(13-22(29)24(23)38-15-17-6-8-19(9-7-17)27(34)35)12-21-25(32)30-28(36)31(26(21)33)20-10-4-16(2)5-11-20/h4-14H,3,15H2,1-2H3,(H,34,35)(H,30,32,36)/b21-12+. The number of halogens is 1. The number of amides is 4. The van der Waals surface area contributed by atoms with Crippen molar-refractivity contribution in [1.29, 1.82) is 0 Å². The summed E-state index contributed by atoms with van der Waals surface area (Å²) in [5, 5.41) is 11.3. The second-order valence-electron chi connectivity index (χ2n) is 8.35. The number of ether oxygens (including phenoxy) is 2. The number of benzene rings is 3. The van der Waals surface area contributed by atoms with E-state index in [1.165, 1.54) is 18.2 Å². The molecule has 194 valence electrons. The van der Waals surface area contributed by atoms with Crippen molar-refractivity contribution >= 4 is 58.2 Å². The third kappa shape index (κ3) is 5.86. The van der Waals surface area contributed by atoms with Gasteiger partial charge in [0.2, 0.25) is 0 Å². The highest BCUT2D eigenvalue weighted by molar-refractivity contribution is 14.1. The molecule has 0 aliphatic carbocycles. The molecular formula is C28H23IN2O7. The molecule has 1 saturated heterocycles. The number of carbonyl (C=O) groups is 4. The first kappa shape index (κ1) is 26.9. The molecule has 4 amide bonds. The molecule has 3 aromatic carbocycles. The van der Waals surface area contributed by atoms with E-state index in [1.54, 1.807) is 48.5 Å². The quantitative estimate of drug-likeness (QED) is 0.206. The van der Waals surface area contributed by atoms with Crippen molar-refractivity contribution in [2.24, 2.45) is 0 Å². The predicted molar refractivity (Wildman–Crippen MR) is 148 cm³/mol. The molecule has 38 heavy (non-hydrogen) atoms. The lowest BCUT2D eigenvalue weighted by molar-refractivity contribution is -0.122. The maximum Gasteiger partial charge on any atom is 0.335 e. The number of hydrogen-bond acceptors (Lipinski definition) is 6. The topological polar surface area (TPSA) is 122 Å². The van der Waals surface area contributed by atoms with Crippen LogP contribution in [-0.4, -0.2) is 35.5 Å². The Hall–Kier alpha value is -4.19. The number of imide groups is 2. The van der Waals surface area contributed by atoms with Crippen LogP contribution in [0.1, 0.15) is 34.0 Å². The van der Waals surface area contributed by atoms with Gasteiger partial charge in [-0.15, -0.1) is 0 Å². The van der Waals surface area contributed by atoms with Gasteiger partial charge in [0.15, 0.2) is 11.5 Å². The predicted octanol–water partition coefficient (Wildman–Crippen LogP) is 4.94. The number of nitrogens with one attached hydrogen (secondary N) is 1. The van der Waals surface area contributed by atoms with Crippen molar-refractivity contribution in [1.82, 2.24) is 5.32 Å². The molecule has 1 aliphatic heterocycles. The first-order valence-corrected chi connectivity index (χ1v) is 12.6. The summed E-state index contributed by atoms with van der Waals surface area (Å²) >= 11 is 2.07. The van der Waals surface area contributed by atoms with Gasteiger partial charge in [-0.25, -0.2) is 14.5 Å². The van der Waals surface area contributed by atoms with Gasteiger partial charge in [-0.05, 0) is 90.0 Å². The Labute approximate surface area is 232 Å². The van der Waals surface area contributed by atoms with Crippen LogP contribution in [0.15, 0.2) is 66.2 Å². The minimum Gasteiger partial charge on any atom is -0.490 e. The lowest BCUT2D eigenvalue weighted by Gasteiger charge is -2.26. The Balaban J connectivity index is 1.62. The van der Waals surface area contributed by atoms with Crippen molar-refractivity contribution in [2.75, 3.05) is 11.5 Å². The summed E-state index contributed by atoms with van der Waals surface area (Å²) in [4.78, 5) is 50.3. The maximum absolute atomic E-state index is 13.2. The van der Waals surface area contributed by atoms with Gasteiger partial charge in [-0.1, -0.05) is 29.8 Å². The Morgan fingerprint density at radius 2 is 1.71 bits per heavy atom. The second-order valence-corrected chi connectivity index (χ2v) is 9.51. The van der Waals surface area contributed by atoms with Gasteiger partial charge < -0.3 is 14.6 Å². The van der Waals surface area contributed by atoms with Crippen LogP contribution in [0.25, 0.3) is 6.08 Å². The molecule has 0 unspecified atom stereocenters. The fourth-order valence-corrected chi connectivity index (χ4v) is 4.51. The lowest BCUT2D eigenvalue weighted by Crippen LogP contribution is -2.54. The Kier molecular flexibility index (Phi) is 8.10. The molecule has 9 nitrogen and oxygen atoms in total. The van der Waals surface area contributed by atoms with Crippen molar-refractivity contribution < 1.29 is 33.8 Å². The number of carbonyl (C=O) groups excluding carboxylic acids is 3. The number of nitrogens with zero attached hydrogens (tertiary/aromatic N) is 1. The van der Waals surface area contributed by atoms with Crippen LogP contribution in [0.2, 0.25) is 0 Å². The van der Waals surface area contributed by atoms with Gasteiger partial charge in [0.1, 0.15) is 12.2 Å². The van der Waals surface area contributed by atoms with Crippen LogP contribution in [0.5, 0.6) is 11.5 Å². The maximum atomic E-state index is 13.2. The van der Waals surface area contributed by atoms with Gasteiger partial charge >= 0.3 is 12.0 Å². The molecule has 2 N–H and O–H groups in total. The molecule has 0 atom stereocenters. The van der Waals surface area contributed by atoms with Gasteiger partial charge in [-0.3, -0.25) is 14.9 Å². The number of barbiturate groups is 1. The molecule has 0 bridgehead atoms. The number of carboxylic acid groups (broad SMARTS) is 1. The molecule has 4 rings (SSSR count). The summed E-state index contributed by atoms with van der Waals surface area (Å²) in [6, 6.07) is 15.7.